The number of rotatable bonds is 2. The largest absolute Gasteiger partial charge is 0.340 e. The van der Waals surface area contributed by atoms with E-state index in [1.807, 2.05) is 17.0 Å². The maximum atomic E-state index is 13.2. The number of nitrogens with one attached hydrogen (secondary N) is 2. The first-order valence-corrected chi connectivity index (χ1v) is 9.66. The van der Waals surface area contributed by atoms with Crippen LogP contribution in [0.2, 0.25) is 0 Å². The van der Waals surface area contributed by atoms with Gasteiger partial charge in [0.15, 0.2) is 0 Å². The number of amides is 1. The van der Waals surface area contributed by atoms with Crippen molar-refractivity contribution >= 4 is 16.9 Å². The van der Waals surface area contributed by atoms with Crippen LogP contribution in [0.4, 0.5) is 0 Å². The van der Waals surface area contributed by atoms with Crippen LogP contribution in [-0.4, -0.2) is 37.5 Å². The number of H-pyrrole nitrogens is 2. The van der Waals surface area contributed by atoms with E-state index in [-0.39, 0.29) is 17.4 Å². The number of aromatic nitrogens is 4. The third-order valence-electron chi connectivity index (χ3n) is 5.34. The summed E-state index contributed by atoms with van der Waals surface area (Å²) in [4.78, 5) is 23.3. The Hall–Kier alpha value is -2.63. The minimum Gasteiger partial charge on any atom is -0.340 e. The van der Waals surface area contributed by atoms with Crippen molar-refractivity contribution in [2.24, 2.45) is 0 Å². The number of carbonyl (C=O) groups excluding carboxylic acids is 1. The van der Waals surface area contributed by atoms with E-state index < -0.39 is 0 Å². The maximum absolute atomic E-state index is 13.2. The van der Waals surface area contributed by atoms with Gasteiger partial charge in [-0.3, -0.25) is 9.89 Å². The zero-order valence-electron chi connectivity index (χ0n) is 16.5. The average molecular weight is 365 g/mol. The zero-order chi connectivity index (χ0) is 19.2. The Labute approximate surface area is 159 Å². The molecule has 0 spiro atoms. The number of piperidine rings is 1. The number of hydrogen-bond acceptors (Lipinski definition) is 3. The number of carbonyl (C=O) groups is 1. The number of imidazole rings is 1. The lowest BCUT2D eigenvalue weighted by molar-refractivity contribution is 0.0595. The first-order chi connectivity index (χ1) is 12.8. The third-order valence-corrected chi connectivity index (χ3v) is 5.34. The number of aryl methyl sites for hydroxylation is 1. The summed E-state index contributed by atoms with van der Waals surface area (Å²) in [7, 11) is 0. The van der Waals surface area contributed by atoms with Gasteiger partial charge in [0.1, 0.15) is 11.5 Å². The highest BCUT2D eigenvalue weighted by molar-refractivity contribution is 5.92. The molecule has 0 radical (unpaired) electrons. The Morgan fingerprint density at radius 3 is 2.78 bits per heavy atom. The molecule has 3 aromatic rings. The molecule has 1 aliphatic rings. The van der Waals surface area contributed by atoms with Crippen LogP contribution in [0.1, 0.15) is 73.6 Å². The minimum absolute atomic E-state index is 0.0249. The van der Waals surface area contributed by atoms with Crippen molar-refractivity contribution in [3.8, 4) is 0 Å². The Morgan fingerprint density at radius 2 is 2.04 bits per heavy atom. The molecular formula is C21H27N5O. The van der Waals surface area contributed by atoms with Crippen molar-refractivity contribution in [2.45, 2.75) is 58.4 Å². The molecular weight excluding hydrogens is 338 g/mol. The summed E-state index contributed by atoms with van der Waals surface area (Å²) in [5.41, 5.74) is 4.56. The van der Waals surface area contributed by atoms with E-state index in [4.69, 9.17) is 4.98 Å². The molecule has 142 valence electrons. The zero-order valence-corrected chi connectivity index (χ0v) is 16.5. The Bertz CT molecular complexity index is 978. The molecule has 4 rings (SSSR count). The second kappa shape index (κ2) is 6.51. The van der Waals surface area contributed by atoms with Gasteiger partial charge in [0.05, 0.1) is 17.1 Å². The van der Waals surface area contributed by atoms with Crippen LogP contribution in [0.15, 0.2) is 24.3 Å². The fourth-order valence-corrected chi connectivity index (χ4v) is 3.72. The highest BCUT2D eigenvalue weighted by atomic mass is 16.2. The molecule has 1 aliphatic heterocycles. The molecule has 2 aromatic heterocycles. The van der Waals surface area contributed by atoms with Gasteiger partial charge in [-0.05, 0) is 49.9 Å². The monoisotopic (exact) mass is 365 g/mol. The lowest BCUT2D eigenvalue weighted by Crippen LogP contribution is -2.39. The molecule has 6 nitrogen and oxygen atoms in total. The molecule has 2 N–H and O–H groups in total. The predicted molar refractivity (Wildman–Crippen MR) is 106 cm³/mol. The van der Waals surface area contributed by atoms with Gasteiger partial charge in [-0.1, -0.05) is 26.8 Å². The standard InChI is InChI=1S/C21H27N5O/c1-13-8-9-14-15(11-13)23-19(22-14)17-7-5-6-10-26(17)20(27)16-12-18(25-24-16)21(2,3)4/h8-9,11-12,17H,5-7,10H2,1-4H3,(H,22,23)(H,24,25)/t17-/m0/s1. The lowest BCUT2D eigenvalue weighted by Gasteiger charge is -2.34. The summed E-state index contributed by atoms with van der Waals surface area (Å²) in [6.45, 7) is 9.12. The molecule has 3 heterocycles. The van der Waals surface area contributed by atoms with Crippen molar-refractivity contribution in [3.05, 3.63) is 47.0 Å². The predicted octanol–water partition coefficient (Wildman–Crippen LogP) is 4.26. The second-order valence-electron chi connectivity index (χ2n) is 8.57. The number of benzene rings is 1. The van der Waals surface area contributed by atoms with E-state index in [0.717, 1.165) is 48.4 Å². The van der Waals surface area contributed by atoms with Gasteiger partial charge < -0.3 is 9.88 Å². The summed E-state index contributed by atoms with van der Waals surface area (Å²) in [6.07, 6.45) is 3.03. The molecule has 0 bridgehead atoms. The second-order valence-corrected chi connectivity index (χ2v) is 8.57. The van der Waals surface area contributed by atoms with Crippen molar-refractivity contribution < 1.29 is 4.79 Å². The van der Waals surface area contributed by atoms with Crippen LogP contribution in [0.25, 0.3) is 11.0 Å². The highest BCUT2D eigenvalue weighted by Crippen LogP contribution is 2.32. The number of nitrogens with zero attached hydrogens (tertiary/aromatic N) is 3. The van der Waals surface area contributed by atoms with Gasteiger partial charge in [-0.25, -0.2) is 4.98 Å². The van der Waals surface area contributed by atoms with Crippen molar-refractivity contribution in [1.29, 1.82) is 0 Å². The van der Waals surface area contributed by atoms with E-state index in [9.17, 15) is 4.79 Å². The van der Waals surface area contributed by atoms with Crippen molar-refractivity contribution in [3.63, 3.8) is 0 Å². The molecule has 0 unspecified atom stereocenters. The fourth-order valence-electron chi connectivity index (χ4n) is 3.72. The van der Waals surface area contributed by atoms with Crippen molar-refractivity contribution in [1.82, 2.24) is 25.1 Å². The van der Waals surface area contributed by atoms with Crippen LogP contribution in [0, 0.1) is 6.92 Å². The summed E-state index contributed by atoms with van der Waals surface area (Å²) in [5.74, 6) is 0.846. The van der Waals surface area contributed by atoms with Crippen LogP contribution in [0.3, 0.4) is 0 Å². The quantitative estimate of drug-likeness (QED) is 0.712. The molecule has 0 saturated carbocycles. The van der Waals surface area contributed by atoms with Crippen LogP contribution in [0.5, 0.6) is 0 Å². The summed E-state index contributed by atoms with van der Waals surface area (Å²) in [5, 5.41) is 7.32. The topological polar surface area (TPSA) is 77.7 Å². The Kier molecular flexibility index (Phi) is 4.29. The van der Waals surface area contributed by atoms with Gasteiger partial charge in [0.25, 0.3) is 5.91 Å². The van der Waals surface area contributed by atoms with Gasteiger partial charge in [0, 0.05) is 17.7 Å². The summed E-state index contributed by atoms with van der Waals surface area (Å²) < 4.78 is 0. The molecule has 1 saturated heterocycles. The van der Waals surface area contributed by atoms with Crippen molar-refractivity contribution in [2.75, 3.05) is 6.54 Å². The summed E-state index contributed by atoms with van der Waals surface area (Å²) >= 11 is 0. The number of likely N-dealkylation sites (tertiary alicyclic amines) is 1. The van der Waals surface area contributed by atoms with E-state index >= 15 is 0 Å². The molecule has 1 atom stereocenters. The molecule has 0 aliphatic carbocycles. The van der Waals surface area contributed by atoms with Gasteiger partial charge in [-0.15, -0.1) is 0 Å². The van der Waals surface area contributed by atoms with E-state index in [0.29, 0.717) is 5.69 Å². The number of fused-ring (bicyclic) bond motifs is 1. The summed E-state index contributed by atoms with van der Waals surface area (Å²) in [6, 6.07) is 8.05. The first kappa shape index (κ1) is 17.8. The van der Waals surface area contributed by atoms with Gasteiger partial charge in [-0.2, -0.15) is 5.10 Å². The molecule has 1 fully saturated rings. The normalized spacial score (nSPS) is 18.2. The average Bonchev–Trinajstić information content (AvgIpc) is 3.27. The van der Waals surface area contributed by atoms with E-state index in [2.05, 4.69) is 55.0 Å². The van der Waals surface area contributed by atoms with Crippen LogP contribution in [-0.2, 0) is 5.41 Å². The molecule has 1 amide bonds. The first-order valence-electron chi connectivity index (χ1n) is 9.66. The number of aromatic amines is 2. The Morgan fingerprint density at radius 1 is 1.22 bits per heavy atom. The van der Waals surface area contributed by atoms with E-state index in [1.165, 1.54) is 5.56 Å². The third kappa shape index (κ3) is 3.36. The smallest absolute Gasteiger partial charge is 0.274 e. The SMILES string of the molecule is Cc1ccc2nc([C@@H]3CCCCN3C(=O)c3cc(C(C)(C)C)[nH]n3)[nH]c2c1. The van der Waals surface area contributed by atoms with Gasteiger partial charge in [0.2, 0.25) is 0 Å². The van der Waals surface area contributed by atoms with Crippen LogP contribution >= 0.6 is 0 Å². The number of hydrogen-bond donors (Lipinski definition) is 2. The van der Waals surface area contributed by atoms with E-state index in [1.54, 1.807) is 0 Å². The molecule has 1 aromatic carbocycles. The minimum atomic E-state index is -0.0660. The molecule has 6 heteroatoms. The lowest BCUT2D eigenvalue weighted by atomic mass is 9.92. The maximum Gasteiger partial charge on any atom is 0.274 e. The molecule has 27 heavy (non-hydrogen) atoms. The highest BCUT2D eigenvalue weighted by Gasteiger charge is 2.32. The van der Waals surface area contributed by atoms with Gasteiger partial charge >= 0.3 is 0 Å². The van der Waals surface area contributed by atoms with Crippen LogP contribution < -0.4 is 0 Å². The Balaban J connectivity index is 1.65. The fraction of sp³-hybridized carbons (Fsp3) is 0.476.